The minimum Gasteiger partial charge on any atom is -0.497 e. The molecule has 0 aliphatic carbocycles. The van der Waals surface area contributed by atoms with E-state index >= 15 is 0 Å². The van der Waals surface area contributed by atoms with Gasteiger partial charge in [0.2, 0.25) is 5.91 Å². The Labute approximate surface area is 130 Å². The van der Waals surface area contributed by atoms with Crippen molar-refractivity contribution in [3.8, 4) is 5.75 Å². The highest BCUT2D eigenvalue weighted by Gasteiger charge is 2.24. The standard InChI is InChI=1S/C16H22N2O4/c1-10(2)15(19)18-13-9-11(21-3)6-7-12(13)17-16(20)14-5-4-8-22-14/h6-7,9-10,14H,4-5,8H2,1-3H3,(H,17,20)(H,18,19)/t14-/m1/s1. The van der Waals surface area contributed by atoms with E-state index in [-0.39, 0.29) is 17.7 Å². The lowest BCUT2D eigenvalue weighted by molar-refractivity contribution is -0.124. The van der Waals surface area contributed by atoms with Gasteiger partial charge in [-0.05, 0) is 25.0 Å². The second-order valence-corrected chi connectivity index (χ2v) is 5.55. The number of anilines is 2. The van der Waals surface area contributed by atoms with Crippen LogP contribution in [0.15, 0.2) is 18.2 Å². The van der Waals surface area contributed by atoms with E-state index in [1.165, 1.54) is 0 Å². The maximum atomic E-state index is 12.2. The number of nitrogens with one attached hydrogen (secondary N) is 2. The van der Waals surface area contributed by atoms with E-state index < -0.39 is 6.10 Å². The average Bonchev–Trinajstić information content (AvgIpc) is 3.03. The number of benzene rings is 1. The van der Waals surface area contributed by atoms with Crippen molar-refractivity contribution in [3.63, 3.8) is 0 Å². The van der Waals surface area contributed by atoms with Crippen molar-refractivity contribution in [2.45, 2.75) is 32.8 Å². The number of amides is 2. The third-order valence-corrected chi connectivity index (χ3v) is 3.49. The van der Waals surface area contributed by atoms with Gasteiger partial charge in [-0.3, -0.25) is 9.59 Å². The first-order valence-corrected chi connectivity index (χ1v) is 7.42. The van der Waals surface area contributed by atoms with Crippen LogP contribution in [0.2, 0.25) is 0 Å². The maximum Gasteiger partial charge on any atom is 0.253 e. The summed E-state index contributed by atoms with van der Waals surface area (Å²) >= 11 is 0. The predicted molar refractivity (Wildman–Crippen MR) is 84.1 cm³/mol. The third-order valence-electron chi connectivity index (χ3n) is 3.49. The first kappa shape index (κ1) is 16.3. The van der Waals surface area contributed by atoms with Crippen LogP contribution in [0.1, 0.15) is 26.7 Å². The van der Waals surface area contributed by atoms with Gasteiger partial charge in [-0.15, -0.1) is 0 Å². The summed E-state index contributed by atoms with van der Waals surface area (Å²) in [7, 11) is 1.55. The molecular formula is C16H22N2O4. The molecule has 1 aromatic carbocycles. The highest BCUT2D eigenvalue weighted by Crippen LogP contribution is 2.28. The van der Waals surface area contributed by atoms with Crippen LogP contribution in [0, 0.1) is 5.92 Å². The molecule has 1 aliphatic heterocycles. The van der Waals surface area contributed by atoms with E-state index in [0.29, 0.717) is 23.7 Å². The van der Waals surface area contributed by atoms with Crippen molar-refractivity contribution in [2.75, 3.05) is 24.4 Å². The number of carbonyl (C=O) groups is 2. The molecule has 6 nitrogen and oxygen atoms in total. The molecule has 0 spiro atoms. The van der Waals surface area contributed by atoms with Crippen molar-refractivity contribution in [2.24, 2.45) is 5.92 Å². The van der Waals surface area contributed by atoms with Crippen molar-refractivity contribution in [1.29, 1.82) is 0 Å². The maximum absolute atomic E-state index is 12.2. The fourth-order valence-corrected chi connectivity index (χ4v) is 2.14. The van der Waals surface area contributed by atoms with Crippen molar-refractivity contribution >= 4 is 23.2 Å². The summed E-state index contributed by atoms with van der Waals surface area (Å²) in [4.78, 5) is 24.1. The second-order valence-electron chi connectivity index (χ2n) is 5.55. The van der Waals surface area contributed by atoms with Gasteiger partial charge in [0.1, 0.15) is 11.9 Å². The predicted octanol–water partition coefficient (Wildman–Crippen LogP) is 2.41. The van der Waals surface area contributed by atoms with Gasteiger partial charge in [0.25, 0.3) is 5.91 Å². The number of rotatable bonds is 5. The van der Waals surface area contributed by atoms with Gasteiger partial charge < -0.3 is 20.1 Å². The SMILES string of the molecule is COc1ccc(NC(=O)[C@H]2CCCO2)c(NC(=O)C(C)C)c1. The summed E-state index contributed by atoms with van der Waals surface area (Å²) < 4.78 is 10.5. The number of hydrogen-bond donors (Lipinski definition) is 2. The molecule has 1 aromatic rings. The zero-order chi connectivity index (χ0) is 16.1. The van der Waals surface area contributed by atoms with E-state index in [9.17, 15) is 9.59 Å². The second kappa shape index (κ2) is 7.26. The minimum atomic E-state index is -0.421. The van der Waals surface area contributed by atoms with Crippen LogP contribution >= 0.6 is 0 Å². The zero-order valence-electron chi connectivity index (χ0n) is 13.1. The molecule has 1 atom stereocenters. The molecule has 1 fully saturated rings. The van der Waals surface area contributed by atoms with Crippen LogP contribution in [0.4, 0.5) is 11.4 Å². The number of hydrogen-bond acceptors (Lipinski definition) is 4. The van der Waals surface area contributed by atoms with Crippen LogP contribution < -0.4 is 15.4 Å². The lowest BCUT2D eigenvalue weighted by Crippen LogP contribution is -2.27. The highest BCUT2D eigenvalue weighted by molar-refractivity contribution is 6.01. The summed E-state index contributed by atoms with van der Waals surface area (Å²) in [5.74, 6) is 0.130. The molecule has 0 unspecified atom stereocenters. The molecule has 22 heavy (non-hydrogen) atoms. The Balaban J connectivity index is 2.17. The molecule has 1 heterocycles. The summed E-state index contributed by atoms with van der Waals surface area (Å²) in [5.41, 5.74) is 1.06. The molecule has 120 valence electrons. The molecule has 1 saturated heterocycles. The topological polar surface area (TPSA) is 76.7 Å². The molecule has 0 saturated carbocycles. The zero-order valence-corrected chi connectivity index (χ0v) is 13.1. The van der Waals surface area contributed by atoms with Crippen LogP contribution in [0.5, 0.6) is 5.75 Å². The molecule has 2 N–H and O–H groups in total. The van der Waals surface area contributed by atoms with Gasteiger partial charge in [0.15, 0.2) is 0 Å². The number of carbonyl (C=O) groups excluding carboxylic acids is 2. The van der Waals surface area contributed by atoms with Crippen LogP contribution in [0.25, 0.3) is 0 Å². The molecule has 2 rings (SSSR count). The van der Waals surface area contributed by atoms with Gasteiger partial charge in [0, 0.05) is 18.6 Å². The Bertz CT molecular complexity index is 551. The molecule has 1 aliphatic rings. The average molecular weight is 306 g/mol. The van der Waals surface area contributed by atoms with Crippen molar-refractivity contribution in [1.82, 2.24) is 0 Å². The minimum absolute atomic E-state index is 0.124. The molecule has 2 amide bonds. The number of ether oxygens (including phenoxy) is 2. The lowest BCUT2D eigenvalue weighted by atomic mass is 10.1. The van der Waals surface area contributed by atoms with Crippen LogP contribution in [-0.4, -0.2) is 31.6 Å². The molecule has 0 radical (unpaired) electrons. The lowest BCUT2D eigenvalue weighted by Gasteiger charge is -2.16. The highest BCUT2D eigenvalue weighted by atomic mass is 16.5. The van der Waals surface area contributed by atoms with Gasteiger partial charge >= 0.3 is 0 Å². The Morgan fingerprint density at radius 1 is 1.27 bits per heavy atom. The molecule has 6 heteroatoms. The van der Waals surface area contributed by atoms with Crippen molar-refractivity contribution < 1.29 is 19.1 Å². The fraction of sp³-hybridized carbons (Fsp3) is 0.500. The summed E-state index contributed by atoms with van der Waals surface area (Å²) in [5, 5.41) is 5.62. The van der Waals surface area contributed by atoms with Gasteiger partial charge in [-0.2, -0.15) is 0 Å². The molecule has 0 bridgehead atoms. The monoisotopic (exact) mass is 306 g/mol. The normalized spacial score (nSPS) is 17.4. The van der Waals surface area contributed by atoms with Crippen LogP contribution in [-0.2, 0) is 14.3 Å². The van der Waals surface area contributed by atoms with E-state index in [2.05, 4.69) is 10.6 Å². The van der Waals surface area contributed by atoms with E-state index in [4.69, 9.17) is 9.47 Å². The summed E-state index contributed by atoms with van der Waals surface area (Å²) in [6.07, 6.45) is 1.18. The van der Waals surface area contributed by atoms with Crippen LogP contribution in [0.3, 0.4) is 0 Å². The summed E-state index contributed by atoms with van der Waals surface area (Å²) in [6.45, 7) is 4.22. The van der Waals surface area contributed by atoms with Gasteiger partial charge in [0.05, 0.1) is 18.5 Å². The van der Waals surface area contributed by atoms with E-state index in [1.807, 2.05) is 0 Å². The fourth-order valence-electron chi connectivity index (χ4n) is 2.14. The Morgan fingerprint density at radius 3 is 2.64 bits per heavy atom. The Kier molecular flexibility index (Phi) is 5.38. The molecular weight excluding hydrogens is 284 g/mol. The quantitative estimate of drug-likeness (QED) is 0.876. The first-order chi connectivity index (χ1) is 10.5. The van der Waals surface area contributed by atoms with E-state index in [1.54, 1.807) is 39.2 Å². The molecule has 0 aromatic heterocycles. The summed E-state index contributed by atoms with van der Waals surface area (Å²) in [6, 6.07) is 5.13. The Morgan fingerprint density at radius 2 is 2.05 bits per heavy atom. The number of methoxy groups -OCH3 is 1. The third kappa shape index (κ3) is 3.98. The Hall–Kier alpha value is -2.08. The smallest absolute Gasteiger partial charge is 0.253 e. The first-order valence-electron chi connectivity index (χ1n) is 7.42. The van der Waals surface area contributed by atoms with Crippen molar-refractivity contribution in [3.05, 3.63) is 18.2 Å². The largest absolute Gasteiger partial charge is 0.497 e. The van der Waals surface area contributed by atoms with Gasteiger partial charge in [-0.1, -0.05) is 13.8 Å². The van der Waals surface area contributed by atoms with Gasteiger partial charge in [-0.25, -0.2) is 0 Å². The van der Waals surface area contributed by atoms with E-state index in [0.717, 1.165) is 12.8 Å².